The maximum absolute atomic E-state index is 12.4. The van der Waals surface area contributed by atoms with Crippen molar-refractivity contribution in [3.63, 3.8) is 0 Å². The van der Waals surface area contributed by atoms with Gasteiger partial charge in [-0.15, -0.1) is 0 Å². The molecule has 6 nitrogen and oxygen atoms in total. The van der Waals surface area contributed by atoms with E-state index < -0.39 is 5.97 Å². The lowest BCUT2D eigenvalue weighted by atomic mass is 9.98. The summed E-state index contributed by atoms with van der Waals surface area (Å²) in [4.78, 5) is 28.1. The Kier molecular flexibility index (Phi) is 4.01. The van der Waals surface area contributed by atoms with E-state index >= 15 is 0 Å². The Hall–Kier alpha value is -1.98. The van der Waals surface area contributed by atoms with E-state index in [0.29, 0.717) is 11.4 Å². The highest BCUT2D eigenvalue weighted by Crippen LogP contribution is 2.24. The smallest absolute Gasteiger partial charge is 0.354 e. The van der Waals surface area contributed by atoms with Crippen molar-refractivity contribution in [1.82, 2.24) is 9.88 Å². The molecule has 0 bridgehead atoms. The van der Waals surface area contributed by atoms with Crippen LogP contribution in [0.1, 0.15) is 49.3 Å². The Morgan fingerprint density at radius 3 is 2.50 bits per heavy atom. The molecule has 2 rings (SSSR count). The van der Waals surface area contributed by atoms with E-state index in [1.807, 2.05) is 13.8 Å². The molecule has 0 radical (unpaired) electrons. The van der Waals surface area contributed by atoms with Crippen LogP contribution in [0.5, 0.6) is 0 Å². The second-order valence-corrected chi connectivity index (χ2v) is 5.51. The second kappa shape index (κ2) is 5.56. The van der Waals surface area contributed by atoms with E-state index in [0.717, 1.165) is 19.3 Å². The van der Waals surface area contributed by atoms with Gasteiger partial charge in [-0.1, -0.05) is 0 Å². The van der Waals surface area contributed by atoms with Gasteiger partial charge in [0.2, 0.25) is 0 Å². The van der Waals surface area contributed by atoms with Gasteiger partial charge in [-0.25, -0.2) is 9.59 Å². The number of carbonyl (C=O) groups is 2. The second-order valence-electron chi connectivity index (χ2n) is 5.51. The molecule has 3 N–H and O–H groups in total. The Bertz CT molecular complexity index is 514. The number of carboxylic acids is 1. The first kappa shape index (κ1) is 14.4. The highest BCUT2D eigenvalue weighted by atomic mass is 16.4. The first-order valence-electron chi connectivity index (χ1n) is 6.92. The Morgan fingerprint density at radius 2 is 1.95 bits per heavy atom. The maximum Gasteiger partial charge on any atom is 0.354 e. The lowest BCUT2D eigenvalue weighted by Gasteiger charge is -2.38. The van der Waals surface area contributed by atoms with Crippen LogP contribution in [0, 0.1) is 6.92 Å². The molecule has 1 aliphatic heterocycles. The minimum absolute atomic E-state index is 0.0214. The zero-order chi connectivity index (χ0) is 14.9. The summed E-state index contributed by atoms with van der Waals surface area (Å²) in [6, 6.07) is 1.76. The molecule has 0 saturated carbocycles. The largest absolute Gasteiger partial charge is 0.477 e. The first-order valence-corrected chi connectivity index (χ1v) is 6.92. The summed E-state index contributed by atoms with van der Waals surface area (Å²) in [5.41, 5.74) is 1.05. The van der Waals surface area contributed by atoms with E-state index in [1.165, 1.54) is 0 Å². The highest BCUT2D eigenvalue weighted by Gasteiger charge is 2.29. The number of piperidine rings is 1. The average molecular weight is 279 g/mol. The molecule has 0 unspecified atom stereocenters. The number of aromatic amines is 1. The number of aromatic carboxylic acids is 1. The molecule has 1 aromatic rings. The van der Waals surface area contributed by atoms with Gasteiger partial charge >= 0.3 is 12.0 Å². The van der Waals surface area contributed by atoms with E-state index in [-0.39, 0.29) is 23.8 Å². The third kappa shape index (κ3) is 2.79. The van der Waals surface area contributed by atoms with Gasteiger partial charge in [-0.3, -0.25) is 0 Å². The monoisotopic (exact) mass is 279 g/mol. The zero-order valence-corrected chi connectivity index (χ0v) is 12.1. The van der Waals surface area contributed by atoms with Gasteiger partial charge in [-0.05, 0) is 46.1 Å². The number of nitrogens with zero attached hydrogens (tertiary/aromatic N) is 1. The Morgan fingerprint density at radius 1 is 1.35 bits per heavy atom. The summed E-state index contributed by atoms with van der Waals surface area (Å²) >= 11 is 0. The molecular formula is C14H21N3O3. The topological polar surface area (TPSA) is 85.4 Å². The third-order valence-electron chi connectivity index (χ3n) is 3.84. The summed E-state index contributed by atoms with van der Waals surface area (Å²) in [6.45, 7) is 5.81. The quantitative estimate of drug-likeness (QED) is 0.778. The molecule has 1 aromatic heterocycles. The van der Waals surface area contributed by atoms with Gasteiger partial charge in [-0.2, -0.15) is 0 Å². The predicted octanol–water partition coefficient (Wildman–Crippen LogP) is 2.82. The van der Waals surface area contributed by atoms with Crippen molar-refractivity contribution >= 4 is 17.7 Å². The van der Waals surface area contributed by atoms with Gasteiger partial charge in [0.25, 0.3) is 0 Å². The molecule has 6 heteroatoms. The molecule has 20 heavy (non-hydrogen) atoms. The van der Waals surface area contributed by atoms with Crippen LogP contribution in [0.25, 0.3) is 0 Å². The van der Waals surface area contributed by atoms with Crippen LogP contribution in [0.15, 0.2) is 6.07 Å². The minimum Gasteiger partial charge on any atom is -0.477 e. The van der Waals surface area contributed by atoms with Crippen LogP contribution in [0.3, 0.4) is 0 Å². The molecule has 2 atom stereocenters. The van der Waals surface area contributed by atoms with Crippen molar-refractivity contribution in [2.45, 2.75) is 52.1 Å². The molecule has 0 spiro atoms. The predicted molar refractivity (Wildman–Crippen MR) is 76.1 cm³/mol. The van der Waals surface area contributed by atoms with Gasteiger partial charge < -0.3 is 20.3 Å². The number of amides is 2. The minimum atomic E-state index is -1.08. The number of carbonyl (C=O) groups excluding carboxylic acids is 1. The summed E-state index contributed by atoms with van der Waals surface area (Å²) in [5, 5.41) is 11.8. The number of hydrogen-bond donors (Lipinski definition) is 3. The number of aromatic nitrogens is 1. The fourth-order valence-electron chi connectivity index (χ4n) is 2.86. The van der Waals surface area contributed by atoms with Crippen molar-refractivity contribution in [2.24, 2.45) is 0 Å². The Labute approximate surface area is 118 Å². The van der Waals surface area contributed by atoms with Crippen molar-refractivity contribution < 1.29 is 14.7 Å². The number of aryl methyl sites for hydroxylation is 1. The molecule has 1 fully saturated rings. The number of nitrogens with one attached hydrogen (secondary N) is 2. The molecule has 110 valence electrons. The van der Waals surface area contributed by atoms with Crippen molar-refractivity contribution in [1.29, 1.82) is 0 Å². The number of urea groups is 1. The van der Waals surface area contributed by atoms with E-state index in [1.54, 1.807) is 17.9 Å². The Balaban J connectivity index is 2.17. The van der Waals surface area contributed by atoms with Crippen LogP contribution in [-0.2, 0) is 0 Å². The van der Waals surface area contributed by atoms with Crippen LogP contribution in [0.2, 0.25) is 0 Å². The van der Waals surface area contributed by atoms with Gasteiger partial charge in [0.15, 0.2) is 0 Å². The van der Waals surface area contributed by atoms with Crippen molar-refractivity contribution in [3.05, 3.63) is 17.5 Å². The molecule has 2 amide bonds. The molecule has 2 heterocycles. The fourth-order valence-corrected chi connectivity index (χ4v) is 2.86. The van der Waals surface area contributed by atoms with Crippen LogP contribution >= 0.6 is 0 Å². The van der Waals surface area contributed by atoms with E-state index in [4.69, 9.17) is 5.11 Å². The third-order valence-corrected chi connectivity index (χ3v) is 3.84. The van der Waals surface area contributed by atoms with E-state index in [9.17, 15) is 9.59 Å². The summed E-state index contributed by atoms with van der Waals surface area (Å²) in [5.74, 6) is -1.08. The number of hydrogen-bond acceptors (Lipinski definition) is 2. The molecule has 0 aliphatic carbocycles. The summed E-state index contributed by atoms with van der Waals surface area (Å²) in [7, 11) is 0. The number of carboxylic acid groups (broad SMARTS) is 1. The van der Waals surface area contributed by atoms with Gasteiger partial charge in [0.05, 0.1) is 5.69 Å². The lowest BCUT2D eigenvalue weighted by Crippen LogP contribution is -2.49. The fraction of sp³-hybridized carbons (Fsp3) is 0.571. The van der Waals surface area contributed by atoms with Gasteiger partial charge in [0, 0.05) is 17.8 Å². The standard InChI is InChI=1S/C14H21N3O3/c1-8-7-11(12(15-8)13(18)19)16-14(20)17-9(2)5-4-6-10(17)3/h7,9-10,15H,4-6H2,1-3H3,(H,16,20)(H,18,19)/t9-,10+. The highest BCUT2D eigenvalue weighted by molar-refractivity contribution is 5.99. The van der Waals surface area contributed by atoms with Crippen LogP contribution in [-0.4, -0.2) is 39.1 Å². The maximum atomic E-state index is 12.4. The van der Waals surface area contributed by atoms with Crippen molar-refractivity contribution in [3.8, 4) is 0 Å². The van der Waals surface area contributed by atoms with Gasteiger partial charge in [0.1, 0.15) is 5.69 Å². The molecule has 0 aromatic carbocycles. The van der Waals surface area contributed by atoms with Crippen LogP contribution in [0.4, 0.5) is 10.5 Å². The number of H-pyrrole nitrogens is 1. The van der Waals surface area contributed by atoms with Crippen LogP contribution < -0.4 is 5.32 Å². The van der Waals surface area contributed by atoms with E-state index in [2.05, 4.69) is 10.3 Å². The van der Waals surface area contributed by atoms with Crippen molar-refractivity contribution in [2.75, 3.05) is 5.32 Å². The molecule has 1 aliphatic rings. The molecule has 1 saturated heterocycles. The average Bonchev–Trinajstić information content (AvgIpc) is 2.70. The lowest BCUT2D eigenvalue weighted by molar-refractivity contribution is 0.0692. The first-order chi connectivity index (χ1) is 9.40. The number of likely N-dealkylation sites (tertiary alicyclic amines) is 1. The number of rotatable bonds is 2. The summed E-state index contributed by atoms with van der Waals surface area (Å²) in [6.07, 6.45) is 3.08. The normalized spacial score (nSPS) is 22.6. The SMILES string of the molecule is Cc1cc(NC(=O)N2[C@H](C)CCC[C@@H]2C)c(C(=O)O)[nH]1. The number of anilines is 1. The summed E-state index contributed by atoms with van der Waals surface area (Å²) < 4.78 is 0. The zero-order valence-electron chi connectivity index (χ0n) is 12.1. The molecular weight excluding hydrogens is 258 g/mol.